The monoisotopic (exact) mass is 352 g/mol. The van der Waals surface area contributed by atoms with Crippen molar-refractivity contribution in [2.75, 3.05) is 13.6 Å². The predicted molar refractivity (Wildman–Crippen MR) is 92.8 cm³/mol. The molecule has 120 valence electrons. The topological polar surface area (TPSA) is 41.1 Å². The van der Waals surface area contributed by atoms with E-state index in [2.05, 4.69) is 10.6 Å². The first-order valence-corrected chi connectivity index (χ1v) is 7.49. The smallest absolute Gasteiger partial charge is 0.220 e. The van der Waals surface area contributed by atoms with Gasteiger partial charge in [0, 0.05) is 22.0 Å². The number of amides is 1. The Balaban J connectivity index is 0.00000400. The van der Waals surface area contributed by atoms with Gasteiger partial charge in [-0.1, -0.05) is 29.3 Å². The zero-order valence-electron chi connectivity index (χ0n) is 12.6. The third-order valence-electron chi connectivity index (χ3n) is 2.96. The minimum absolute atomic E-state index is 0. The van der Waals surface area contributed by atoms with Crippen molar-refractivity contribution in [3.8, 4) is 0 Å². The maximum Gasteiger partial charge on any atom is 0.220 e. The largest absolute Gasteiger partial charge is 0.351 e. The van der Waals surface area contributed by atoms with E-state index in [1.54, 1.807) is 6.07 Å². The van der Waals surface area contributed by atoms with Crippen molar-refractivity contribution in [3.05, 3.63) is 33.8 Å². The summed E-state index contributed by atoms with van der Waals surface area (Å²) in [6, 6.07) is 5.44. The van der Waals surface area contributed by atoms with Crippen LogP contribution in [0.3, 0.4) is 0 Å². The third kappa shape index (κ3) is 7.91. The van der Waals surface area contributed by atoms with Gasteiger partial charge in [0.15, 0.2) is 0 Å². The molecule has 0 radical (unpaired) electrons. The highest BCUT2D eigenvalue weighted by atomic mass is 35.5. The molecule has 0 spiro atoms. The second kappa shape index (κ2) is 9.52. The lowest BCUT2D eigenvalue weighted by Crippen LogP contribution is -2.45. The van der Waals surface area contributed by atoms with E-state index >= 15 is 0 Å². The zero-order valence-corrected chi connectivity index (χ0v) is 15.0. The van der Waals surface area contributed by atoms with Gasteiger partial charge in [0.2, 0.25) is 5.91 Å². The second-order valence-electron chi connectivity index (χ2n) is 5.55. The molecule has 0 aromatic heterocycles. The summed E-state index contributed by atoms with van der Waals surface area (Å²) in [5.41, 5.74) is 0.644. The summed E-state index contributed by atoms with van der Waals surface area (Å²) >= 11 is 12.1. The number of carbonyl (C=O) groups is 1. The fourth-order valence-electron chi connectivity index (χ4n) is 2.05. The van der Waals surface area contributed by atoms with Gasteiger partial charge in [0.05, 0.1) is 0 Å². The second-order valence-corrected chi connectivity index (χ2v) is 6.40. The SMILES string of the molecule is CNCCCC(=O)NC(C)(C)Cc1ccc(Cl)cc1Cl.Cl. The summed E-state index contributed by atoms with van der Waals surface area (Å²) < 4.78 is 0. The summed E-state index contributed by atoms with van der Waals surface area (Å²) in [6.45, 7) is 4.83. The molecule has 21 heavy (non-hydrogen) atoms. The van der Waals surface area contributed by atoms with E-state index in [4.69, 9.17) is 23.2 Å². The molecule has 6 heteroatoms. The minimum atomic E-state index is -0.339. The van der Waals surface area contributed by atoms with Crippen LogP contribution in [-0.4, -0.2) is 25.0 Å². The molecule has 0 saturated heterocycles. The summed E-state index contributed by atoms with van der Waals surface area (Å²) in [7, 11) is 1.88. The van der Waals surface area contributed by atoms with Gasteiger partial charge in [-0.3, -0.25) is 4.79 Å². The first-order chi connectivity index (χ1) is 9.34. The molecule has 0 saturated carbocycles. The Morgan fingerprint density at radius 1 is 1.29 bits per heavy atom. The first kappa shape index (κ1) is 20.5. The van der Waals surface area contributed by atoms with E-state index in [-0.39, 0.29) is 23.9 Å². The Morgan fingerprint density at radius 2 is 1.95 bits per heavy atom. The lowest BCUT2D eigenvalue weighted by Gasteiger charge is -2.27. The van der Waals surface area contributed by atoms with E-state index in [0.29, 0.717) is 22.9 Å². The van der Waals surface area contributed by atoms with Crippen molar-refractivity contribution in [1.29, 1.82) is 0 Å². The van der Waals surface area contributed by atoms with E-state index in [1.807, 2.05) is 33.0 Å². The van der Waals surface area contributed by atoms with Gasteiger partial charge in [-0.2, -0.15) is 0 Å². The fourth-order valence-corrected chi connectivity index (χ4v) is 2.53. The maximum atomic E-state index is 11.9. The van der Waals surface area contributed by atoms with E-state index in [1.165, 1.54) is 0 Å². The van der Waals surface area contributed by atoms with Crippen LogP contribution in [0.2, 0.25) is 10.0 Å². The van der Waals surface area contributed by atoms with Crippen molar-refractivity contribution in [3.63, 3.8) is 0 Å². The molecule has 0 atom stereocenters. The van der Waals surface area contributed by atoms with Crippen molar-refractivity contribution in [2.24, 2.45) is 0 Å². The quantitative estimate of drug-likeness (QED) is 0.731. The average Bonchev–Trinajstić information content (AvgIpc) is 2.32. The number of rotatable bonds is 7. The van der Waals surface area contributed by atoms with Crippen LogP contribution in [0.4, 0.5) is 0 Å². The molecular weight excluding hydrogens is 331 g/mol. The van der Waals surface area contributed by atoms with Gasteiger partial charge in [0.25, 0.3) is 0 Å². The van der Waals surface area contributed by atoms with Gasteiger partial charge in [-0.25, -0.2) is 0 Å². The lowest BCUT2D eigenvalue weighted by molar-refractivity contribution is -0.122. The van der Waals surface area contributed by atoms with Crippen molar-refractivity contribution >= 4 is 41.5 Å². The van der Waals surface area contributed by atoms with Crippen LogP contribution in [0.1, 0.15) is 32.3 Å². The summed E-state index contributed by atoms with van der Waals surface area (Å²) in [5, 5.41) is 7.33. The Morgan fingerprint density at radius 3 is 2.52 bits per heavy atom. The highest BCUT2D eigenvalue weighted by Crippen LogP contribution is 2.24. The molecule has 1 aromatic carbocycles. The lowest BCUT2D eigenvalue weighted by atomic mass is 9.94. The summed E-state index contributed by atoms with van der Waals surface area (Å²) in [4.78, 5) is 11.9. The maximum absolute atomic E-state index is 11.9. The molecule has 3 nitrogen and oxygen atoms in total. The van der Waals surface area contributed by atoms with Gasteiger partial charge in [0.1, 0.15) is 0 Å². The van der Waals surface area contributed by atoms with Crippen LogP contribution in [0.15, 0.2) is 18.2 Å². The summed E-state index contributed by atoms with van der Waals surface area (Å²) in [6.07, 6.45) is 2.03. The number of benzene rings is 1. The van der Waals surface area contributed by atoms with Crippen LogP contribution >= 0.6 is 35.6 Å². The van der Waals surface area contributed by atoms with E-state index in [9.17, 15) is 4.79 Å². The van der Waals surface area contributed by atoms with Crippen molar-refractivity contribution in [1.82, 2.24) is 10.6 Å². The molecule has 0 bridgehead atoms. The molecule has 0 heterocycles. The van der Waals surface area contributed by atoms with Crippen molar-refractivity contribution in [2.45, 2.75) is 38.6 Å². The average molecular weight is 354 g/mol. The molecule has 1 amide bonds. The Labute approximate surface area is 143 Å². The van der Waals surface area contributed by atoms with Gasteiger partial charge in [-0.15, -0.1) is 12.4 Å². The fraction of sp³-hybridized carbons (Fsp3) is 0.533. The molecule has 0 fully saturated rings. The van der Waals surface area contributed by atoms with Gasteiger partial charge >= 0.3 is 0 Å². The molecule has 1 aromatic rings. The Bertz CT molecular complexity index is 464. The molecule has 0 aliphatic heterocycles. The summed E-state index contributed by atoms with van der Waals surface area (Å²) in [5.74, 6) is 0.0651. The van der Waals surface area contributed by atoms with Crippen LogP contribution in [0.5, 0.6) is 0 Å². The number of nitrogens with one attached hydrogen (secondary N) is 2. The van der Waals surface area contributed by atoms with E-state index in [0.717, 1.165) is 18.5 Å². The molecule has 0 aliphatic rings. The van der Waals surface area contributed by atoms with E-state index < -0.39 is 0 Å². The Kier molecular flexibility index (Phi) is 9.30. The number of hydrogen-bond donors (Lipinski definition) is 2. The van der Waals surface area contributed by atoms with Crippen LogP contribution in [0.25, 0.3) is 0 Å². The Hall–Kier alpha value is -0.480. The first-order valence-electron chi connectivity index (χ1n) is 6.73. The third-order valence-corrected chi connectivity index (χ3v) is 3.54. The van der Waals surface area contributed by atoms with Crippen LogP contribution in [-0.2, 0) is 11.2 Å². The number of halogens is 3. The highest BCUT2D eigenvalue weighted by Gasteiger charge is 2.21. The minimum Gasteiger partial charge on any atom is -0.351 e. The van der Waals surface area contributed by atoms with Crippen LogP contribution in [0, 0.1) is 0 Å². The van der Waals surface area contributed by atoms with Gasteiger partial charge < -0.3 is 10.6 Å². The molecule has 1 rings (SSSR count). The molecular formula is C15H23Cl3N2O. The highest BCUT2D eigenvalue weighted by molar-refractivity contribution is 6.35. The standard InChI is InChI=1S/C15H22Cl2N2O.ClH/c1-15(2,19-14(20)5-4-8-18-3)10-11-6-7-12(16)9-13(11)17;/h6-7,9,18H,4-5,8,10H2,1-3H3,(H,19,20);1H. The zero-order chi connectivity index (χ0) is 15.2. The molecule has 2 N–H and O–H groups in total. The van der Waals surface area contributed by atoms with Crippen molar-refractivity contribution < 1.29 is 4.79 Å². The number of hydrogen-bond acceptors (Lipinski definition) is 2. The molecule has 0 unspecified atom stereocenters. The number of carbonyl (C=O) groups excluding carboxylic acids is 1. The predicted octanol–water partition coefficient (Wildman–Crippen LogP) is 3.85. The normalized spacial score (nSPS) is 10.9. The van der Waals surface area contributed by atoms with Crippen LogP contribution < -0.4 is 10.6 Å². The molecule has 0 aliphatic carbocycles. The van der Waals surface area contributed by atoms with Gasteiger partial charge in [-0.05, 0) is 58.0 Å².